The summed E-state index contributed by atoms with van der Waals surface area (Å²) in [5.74, 6) is 0.732. The van der Waals surface area contributed by atoms with Crippen molar-refractivity contribution in [3.8, 4) is 0 Å². The van der Waals surface area contributed by atoms with Gasteiger partial charge in [0.2, 0.25) is 0 Å². The molecule has 0 aliphatic carbocycles. The Morgan fingerprint density at radius 1 is 1.40 bits per heavy atom. The molecule has 2 aromatic heterocycles. The van der Waals surface area contributed by atoms with E-state index in [2.05, 4.69) is 9.88 Å². The van der Waals surface area contributed by atoms with Crippen LogP contribution in [0.1, 0.15) is 29.0 Å². The fourth-order valence-corrected chi connectivity index (χ4v) is 2.75. The molecular weight excluding hydrogens is 254 g/mol. The second-order valence-electron chi connectivity index (χ2n) is 5.18. The van der Waals surface area contributed by atoms with Crippen LogP contribution < -0.4 is 0 Å². The number of rotatable bonds is 4. The molecule has 1 fully saturated rings. The van der Waals surface area contributed by atoms with Crippen LogP contribution in [0.2, 0.25) is 0 Å². The molecule has 106 valence electrons. The molecule has 1 aliphatic rings. The number of pyridine rings is 1. The smallest absolute Gasteiger partial charge is 0.337 e. The van der Waals surface area contributed by atoms with Crippen LogP contribution in [0, 0.1) is 0 Å². The average Bonchev–Trinajstić information content (AvgIpc) is 3.13. The predicted octanol–water partition coefficient (Wildman–Crippen LogP) is 1.76. The topological polar surface area (TPSA) is 46.8 Å². The summed E-state index contributed by atoms with van der Waals surface area (Å²) in [5.41, 5.74) is 1.50. The van der Waals surface area contributed by atoms with E-state index in [1.54, 1.807) is 6.07 Å². The van der Waals surface area contributed by atoms with Gasteiger partial charge >= 0.3 is 5.97 Å². The first kappa shape index (κ1) is 13.1. The van der Waals surface area contributed by atoms with Crippen molar-refractivity contribution in [3.63, 3.8) is 0 Å². The first-order chi connectivity index (χ1) is 9.78. The van der Waals surface area contributed by atoms with Gasteiger partial charge in [-0.1, -0.05) is 0 Å². The lowest BCUT2D eigenvalue weighted by Crippen LogP contribution is -2.22. The number of methoxy groups -OCH3 is 1. The quantitative estimate of drug-likeness (QED) is 0.796. The summed E-state index contributed by atoms with van der Waals surface area (Å²) in [7, 11) is 1.39. The Bertz CT molecular complexity index is 615. The molecule has 5 heteroatoms. The lowest BCUT2D eigenvalue weighted by molar-refractivity contribution is 0.0600. The van der Waals surface area contributed by atoms with Crippen LogP contribution in [0.25, 0.3) is 5.52 Å². The second-order valence-corrected chi connectivity index (χ2v) is 5.18. The zero-order chi connectivity index (χ0) is 13.9. The summed E-state index contributed by atoms with van der Waals surface area (Å²) >= 11 is 0. The maximum Gasteiger partial charge on any atom is 0.337 e. The van der Waals surface area contributed by atoms with Gasteiger partial charge in [-0.05, 0) is 38.1 Å². The third-order valence-electron chi connectivity index (χ3n) is 3.88. The van der Waals surface area contributed by atoms with Crippen molar-refractivity contribution < 1.29 is 9.53 Å². The molecule has 0 aromatic carbocycles. The molecule has 0 N–H and O–H groups in total. The van der Waals surface area contributed by atoms with Crippen molar-refractivity contribution in [2.75, 3.05) is 26.7 Å². The Hall–Kier alpha value is -1.88. The molecule has 3 rings (SSSR count). The third-order valence-corrected chi connectivity index (χ3v) is 3.88. The molecule has 0 bridgehead atoms. The highest BCUT2D eigenvalue weighted by Crippen LogP contribution is 2.13. The van der Waals surface area contributed by atoms with E-state index in [1.165, 1.54) is 33.0 Å². The van der Waals surface area contributed by atoms with E-state index in [1.807, 2.05) is 22.9 Å². The van der Waals surface area contributed by atoms with Crippen molar-refractivity contribution in [3.05, 3.63) is 35.9 Å². The Kier molecular flexibility index (Phi) is 3.69. The van der Waals surface area contributed by atoms with Gasteiger partial charge in [-0.3, -0.25) is 0 Å². The van der Waals surface area contributed by atoms with Gasteiger partial charge in [-0.25, -0.2) is 9.78 Å². The van der Waals surface area contributed by atoms with Crippen molar-refractivity contribution >= 4 is 11.5 Å². The molecule has 0 saturated carbocycles. The average molecular weight is 273 g/mol. The number of imidazole rings is 1. The normalized spacial score (nSPS) is 15.8. The molecule has 1 saturated heterocycles. The van der Waals surface area contributed by atoms with Gasteiger partial charge < -0.3 is 14.0 Å². The molecule has 0 amide bonds. The van der Waals surface area contributed by atoms with Crippen molar-refractivity contribution in [1.82, 2.24) is 14.3 Å². The SMILES string of the molecule is COC(=O)c1ccn2c(CCN3CCCC3)ncc2c1. The standard InChI is InChI=1S/C15H19N3O2/c1-20-15(19)12-4-9-18-13(10-12)11-16-14(18)5-8-17-6-2-3-7-17/h4,9-11H,2-3,5-8H2,1H3. The number of esters is 1. The number of likely N-dealkylation sites (tertiary alicyclic amines) is 1. The van der Waals surface area contributed by atoms with Gasteiger partial charge in [0.05, 0.1) is 24.4 Å². The number of fused-ring (bicyclic) bond motifs is 1. The van der Waals surface area contributed by atoms with Gasteiger partial charge in [-0.15, -0.1) is 0 Å². The predicted molar refractivity (Wildman–Crippen MR) is 75.9 cm³/mol. The number of aromatic nitrogens is 2. The van der Waals surface area contributed by atoms with Gasteiger partial charge in [-0.2, -0.15) is 0 Å². The highest BCUT2D eigenvalue weighted by Gasteiger charge is 2.13. The number of carbonyl (C=O) groups excluding carboxylic acids is 1. The first-order valence-electron chi connectivity index (χ1n) is 7.04. The molecule has 1 aliphatic heterocycles. The van der Waals surface area contributed by atoms with E-state index >= 15 is 0 Å². The van der Waals surface area contributed by atoms with Crippen LogP contribution >= 0.6 is 0 Å². The van der Waals surface area contributed by atoms with E-state index in [0.29, 0.717) is 5.56 Å². The van der Waals surface area contributed by atoms with Crippen LogP contribution in [-0.4, -0.2) is 47.0 Å². The highest BCUT2D eigenvalue weighted by molar-refractivity contribution is 5.90. The minimum atomic E-state index is -0.313. The summed E-state index contributed by atoms with van der Waals surface area (Å²) in [5, 5.41) is 0. The lowest BCUT2D eigenvalue weighted by atomic mass is 10.2. The van der Waals surface area contributed by atoms with Gasteiger partial charge in [0.1, 0.15) is 5.82 Å². The van der Waals surface area contributed by atoms with Crippen LogP contribution in [0.3, 0.4) is 0 Å². The molecule has 0 atom stereocenters. The Labute approximate surface area is 118 Å². The highest BCUT2D eigenvalue weighted by atomic mass is 16.5. The molecule has 0 unspecified atom stereocenters. The molecule has 5 nitrogen and oxygen atoms in total. The Morgan fingerprint density at radius 2 is 2.20 bits per heavy atom. The number of hydrogen-bond donors (Lipinski definition) is 0. The van der Waals surface area contributed by atoms with E-state index in [-0.39, 0.29) is 5.97 Å². The first-order valence-corrected chi connectivity index (χ1v) is 7.04. The lowest BCUT2D eigenvalue weighted by Gasteiger charge is -2.13. The van der Waals surface area contributed by atoms with E-state index in [9.17, 15) is 4.79 Å². The van der Waals surface area contributed by atoms with E-state index in [4.69, 9.17) is 4.74 Å². The minimum absolute atomic E-state index is 0.313. The zero-order valence-electron chi connectivity index (χ0n) is 11.7. The summed E-state index contributed by atoms with van der Waals surface area (Å²) in [4.78, 5) is 18.4. The van der Waals surface area contributed by atoms with Crippen LogP contribution in [0.4, 0.5) is 0 Å². The molecule has 20 heavy (non-hydrogen) atoms. The van der Waals surface area contributed by atoms with Gasteiger partial charge in [0, 0.05) is 19.2 Å². The van der Waals surface area contributed by atoms with Crippen LogP contribution in [0.5, 0.6) is 0 Å². The Balaban J connectivity index is 1.77. The maximum absolute atomic E-state index is 11.5. The van der Waals surface area contributed by atoms with Crippen molar-refractivity contribution in [1.29, 1.82) is 0 Å². The minimum Gasteiger partial charge on any atom is -0.465 e. The summed E-state index contributed by atoms with van der Waals surface area (Å²) in [6.07, 6.45) is 7.26. The molecular formula is C15H19N3O2. The van der Waals surface area contributed by atoms with E-state index < -0.39 is 0 Å². The number of carbonyl (C=O) groups is 1. The summed E-state index contributed by atoms with van der Waals surface area (Å²) in [6, 6.07) is 3.60. The zero-order valence-corrected chi connectivity index (χ0v) is 11.7. The second kappa shape index (κ2) is 5.63. The molecule has 2 aromatic rings. The van der Waals surface area contributed by atoms with E-state index in [0.717, 1.165) is 24.3 Å². The third kappa shape index (κ3) is 2.54. The number of ether oxygens (including phenoxy) is 1. The van der Waals surface area contributed by atoms with Gasteiger partial charge in [0.25, 0.3) is 0 Å². The largest absolute Gasteiger partial charge is 0.465 e. The molecule has 3 heterocycles. The summed E-state index contributed by atoms with van der Waals surface area (Å²) in [6.45, 7) is 3.46. The number of nitrogens with zero attached hydrogens (tertiary/aromatic N) is 3. The fourth-order valence-electron chi connectivity index (χ4n) is 2.75. The molecule has 0 radical (unpaired) electrons. The van der Waals surface area contributed by atoms with Crippen LogP contribution in [-0.2, 0) is 11.2 Å². The Morgan fingerprint density at radius 3 is 2.95 bits per heavy atom. The fraction of sp³-hybridized carbons (Fsp3) is 0.467. The summed E-state index contributed by atoms with van der Waals surface area (Å²) < 4.78 is 6.78. The van der Waals surface area contributed by atoms with Crippen molar-refractivity contribution in [2.24, 2.45) is 0 Å². The number of hydrogen-bond acceptors (Lipinski definition) is 4. The van der Waals surface area contributed by atoms with Crippen molar-refractivity contribution in [2.45, 2.75) is 19.3 Å². The molecule has 0 spiro atoms. The van der Waals surface area contributed by atoms with Gasteiger partial charge in [0.15, 0.2) is 0 Å². The maximum atomic E-state index is 11.5. The van der Waals surface area contributed by atoms with Crippen LogP contribution in [0.15, 0.2) is 24.5 Å². The monoisotopic (exact) mass is 273 g/mol.